The minimum atomic E-state index is -0.446. The number of benzene rings is 4. The molecule has 1 fully saturated rings. The molecule has 4 aromatic rings. The molecule has 0 heterocycles. The predicted octanol–water partition coefficient (Wildman–Crippen LogP) is 7.32. The minimum absolute atomic E-state index is 0. The van der Waals surface area contributed by atoms with Gasteiger partial charge in [0.1, 0.15) is 0 Å². The molecular weight excluding hydrogens is 632 g/mol. The summed E-state index contributed by atoms with van der Waals surface area (Å²) in [6.45, 7) is 3.60. The van der Waals surface area contributed by atoms with E-state index in [-0.39, 0.29) is 20.4 Å². The zero-order valence-electron chi connectivity index (χ0n) is 20.0. The van der Waals surface area contributed by atoms with E-state index in [1.807, 2.05) is 68.5 Å². The second-order valence-corrected chi connectivity index (χ2v) is 9.34. The number of hydrogen-bond donors (Lipinski definition) is 0. The maximum absolute atomic E-state index is 7.25. The first-order valence-corrected chi connectivity index (χ1v) is 12.5. The van der Waals surface area contributed by atoms with Crippen LogP contribution in [0.3, 0.4) is 0 Å². The normalized spacial score (nSPS) is 11.6. The van der Waals surface area contributed by atoms with Crippen molar-refractivity contribution in [1.29, 1.82) is 0 Å². The Bertz CT molecular complexity index is 955. The molecule has 0 amide bonds. The summed E-state index contributed by atoms with van der Waals surface area (Å²) in [7, 11) is -0.446. The third kappa shape index (κ3) is 11.7. The molecular formula is C32H29NOPRe-2. The fraction of sp³-hybridized carbons (Fsp3) is 0. The molecule has 2 nitrogen and oxygen atoms in total. The molecule has 1 aliphatic carbocycles. The average Bonchev–Trinajstić information content (AvgIpc) is 3.54. The summed E-state index contributed by atoms with van der Waals surface area (Å²) in [5.41, 5.74) is 6.95. The van der Waals surface area contributed by atoms with Gasteiger partial charge < -0.3 is 10.5 Å². The molecule has 0 N–H and O–H groups in total. The van der Waals surface area contributed by atoms with E-state index in [1.165, 1.54) is 21.5 Å². The van der Waals surface area contributed by atoms with Crippen molar-refractivity contribution in [2.45, 2.75) is 0 Å². The van der Waals surface area contributed by atoms with Gasteiger partial charge in [-0.2, -0.15) is 0 Å². The second kappa shape index (κ2) is 20.4. The first-order valence-electron chi connectivity index (χ1n) is 11.2. The van der Waals surface area contributed by atoms with Crippen molar-refractivity contribution >= 4 is 29.9 Å². The Morgan fingerprint density at radius 2 is 0.778 bits per heavy atom. The first kappa shape index (κ1) is 31.2. The average molecular weight is 661 g/mol. The Morgan fingerprint density at radius 3 is 1.06 bits per heavy atom. The summed E-state index contributed by atoms with van der Waals surface area (Å²) < 4.78 is 0. The van der Waals surface area contributed by atoms with E-state index in [0.717, 1.165) is 0 Å². The number of allylic oxidation sites excluding steroid dienone is 1. The van der Waals surface area contributed by atoms with Crippen LogP contribution >= 0.6 is 7.92 Å². The molecule has 6 radical (unpaired) electrons. The molecule has 1 saturated carbocycles. The van der Waals surface area contributed by atoms with Crippen LogP contribution in [0.1, 0.15) is 5.56 Å². The predicted molar refractivity (Wildman–Crippen MR) is 154 cm³/mol. The Hall–Kier alpha value is -2.82. The topological polar surface area (TPSA) is 39.4 Å². The van der Waals surface area contributed by atoms with Crippen molar-refractivity contribution in [3.05, 3.63) is 182 Å². The minimum Gasteiger partial charge on any atom is -0.577 e. The summed E-state index contributed by atoms with van der Waals surface area (Å²) in [6, 6.07) is 42.4. The molecule has 0 atom stereocenters. The fourth-order valence-electron chi connectivity index (χ4n) is 3.20. The molecule has 0 spiro atoms. The van der Waals surface area contributed by atoms with E-state index in [0.29, 0.717) is 0 Å². The van der Waals surface area contributed by atoms with Gasteiger partial charge in [-0.05, 0) is 55.9 Å². The van der Waals surface area contributed by atoms with Gasteiger partial charge in [-0.15, -0.1) is 5.56 Å². The van der Waals surface area contributed by atoms with Crippen molar-refractivity contribution in [2.24, 2.45) is 0 Å². The first-order chi connectivity index (χ1) is 17.4. The van der Waals surface area contributed by atoms with Gasteiger partial charge in [-0.3, -0.25) is 0 Å². The van der Waals surface area contributed by atoms with E-state index < -0.39 is 7.92 Å². The van der Waals surface area contributed by atoms with Crippen LogP contribution in [0, 0.1) is 43.9 Å². The molecule has 4 aromatic carbocycles. The third-order valence-corrected chi connectivity index (χ3v) is 7.15. The van der Waals surface area contributed by atoms with Crippen molar-refractivity contribution in [1.82, 2.24) is 0 Å². The fourth-order valence-corrected chi connectivity index (χ4v) is 5.50. The Labute approximate surface area is 232 Å². The smallest absolute Gasteiger partial charge is 0 e. The van der Waals surface area contributed by atoms with Crippen molar-refractivity contribution in [3.63, 3.8) is 0 Å². The van der Waals surface area contributed by atoms with Crippen LogP contribution in [-0.2, 0) is 20.4 Å². The maximum Gasteiger partial charge on any atom is 0 e. The van der Waals surface area contributed by atoms with Gasteiger partial charge in [0, 0.05) is 20.4 Å². The maximum atomic E-state index is 7.25. The molecule has 0 unspecified atom stereocenters. The van der Waals surface area contributed by atoms with Crippen molar-refractivity contribution < 1.29 is 20.4 Å². The number of rotatable bonds is 4. The van der Waals surface area contributed by atoms with Crippen LogP contribution in [0.15, 0.2) is 127 Å². The summed E-state index contributed by atoms with van der Waals surface area (Å²) in [5, 5.41) is 4.19. The largest absolute Gasteiger partial charge is 0.577 e. The zero-order chi connectivity index (χ0) is 25.0. The van der Waals surface area contributed by atoms with Crippen LogP contribution in [0.2, 0.25) is 0 Å². The molecule has 0 saturated heterocycles. The van der Waals surface area contributed by atoms with Crippen molar-refractivity contribution in [3.8, 4) is 0 Å². The Morgan fingerprint density at radius 1 is 0.500 bits per heavy atom. The SMILES string of the molecule is [CH2-]/C=C/c1ccccc1.[CH]1[CH][CH][CH][CH]1.[N-]=O.[Re].c1ccc(P(c2ccccc2)c2ccccc2)cc1. The van der Waals surface area contributed by atoms with Gasteiger partial charge in [-0.1, -0.05) is 121 Å². The van der Waals surface area contributed by atoms with Crippen LogP contribution < -0.4 is 15.9 Å². The van der Waals surface area contributed by atoms with E-state index in [1.54, 1.807) is 6.08 Å². The van der Waals surface area contributed by atoms with E-state index >= 15 is 0 Å². The Balaban J connectivity index is 0.000000317. The summed E-state index contributed by atoms with van der Waals surface area (Å²) in [5.74, 6) is 0. The summed E-state index contributed by atoms with van der Waals surface area (Å²) >= 11 is 0. The zero-order valence-corrected chi connectivity index (χ0v) is 23.6. The van der Waals surface area contributed by atoms with Crippen molar-refractivity contribution in [2.75, 3.05) is 0 Å². The third-order valence-electron chi connectivity index (χ3n) is 4.71. The van der Waals surface area contributed by atoms with Crippen LogP contribution in [0.5, 0.6) is 0 Å². The molecule has 0 aromatic heterocycles. The molecule has 0 aliphatic heterocycles. The molecule has 5 rings (SSSR count). The van der Waals surface area contributed by atoms with Gasteiger partial charge in [-0.25, -0.2) is 19.1 Å². The number of nitroso groups, excluding NO2 is 1. The molecule has 182 valence electrons. The molecule has 36 heavy (non-hydrogen) atoms. The summed E-state index contributed by atoms with van der Waals surface area (Å²) in [6.07, 6.45) is 13.8. The van der Waals surface area contributed by atoms with Gasteiger partial charge in [0.2, 0.25) is 0 Å². The van der Waals surface area contributed by atoms with E-state index in [2.05, 4.69) is 97.9 Å². The Kier molecular flexibility index (Phi) is 17.7. The molecule has 1 aliphatic rings. The van der Waals surface area contributed by atoms with E-state index in [9.17, 15) is 0 Å². The van der Waals surface area contributed by atoms with Crippen LogP contribution in [0.4, 0.5) is 0 Å². The van der Waals surface area contributed by atoms with Crippen LogP contribution in [-0.4, -0.2) is 0 Å². The van der Waals surface area contributed by atoms with Gasteiger partial charge in [0.25, 0.3) is 0 Å². The van der Waals surface area contributed by atoms with Gasteiger partial charge in [0.15, 0.2) is 0 Å². The quantitative estimate of drug-likeness (QED) is 0.167. The second-order valence-electron chi connectivity index (χ2n) is 7.12. The standard InChI is InChI=1S/C18H15P.C9H9.C5H5.NO.Re/c1-4-10-16(11-5-1)19(17-12-6-2-7-13-17)18-14-8-3-9-15-18;1-2-6-9-7-4-3-5-8-9;1-2-4-5-3-1;1-2;/h1-15H;2-8H,1H2;1-5H;;/q;-1;;-1;/b;6-2+;;;. The van der Waals surface area contributed by atoms with Crippen LogP contribution in [0.25, 0.3) is 11.7 Å². The number of nitrogens with zero attached hydrogens (tertiary/aromatic N) is 1. The van der Waals surface area contributed by atoms with Gasteiger partial charge >= 0.3 is 0 Å². The molecule has 4 heteroatoms. The molecule has 0 bridgehead atoms. The number of hydrogen-bond acceptors (Lipinski definition) is 1. The van der Waals surface area contributed by atoms with E-state index in [4.69, 9.17) is 10.5 Å². The monoisotopic (exact) mass is 661 g/mol. The van der Waals surface area contributed by atoms with Gasteiger partial charge in [0.05, 0.1) is 0 Å². The summed E-state index contributed by atoms with van der Waals surface area (Å²) in [4.78, 5) is 7.25.